The third kappa shape index (κ3) is 4.84. The highest BCUT2D eigenvalue weighted by molar-refractivity contribution is 6.30. The topological polar surface area (TPSA) is 52.6 Å². The summed E-state index contributed by atoms with van der Waals surface area (Å²) in [7, 11) is 1.85. The second-order valence-corrected chi connectivity index (χ2v) is 8.75. The van der Waals surface area contributed by atoms with Crippen LogP contribution in [0.1, 0.15) is 36.8 Å². The zero-order valence-corrected chi connectivity index (χ0v) is 18.0. The summed E-state index contributed by atoms with van der Waals surface area (Å²) in [6.45, 7) is 4.98. The predicted octanol–water partition coefficient (Wildman–Crippen LogP) is 3.91. The van der Waals surface area contributed by atoms with Crippen LogP contribution in [0.5, 0.6) is 0 Å². The molecule has 0 amide bonds. The van der Waals surface area contributed by atoms with E-state index in [4.69, 9.17) is 11.6 Å². The fourth-order valence-electron chi connectivity index (χ4n) is 4.08. The molecule has 6 heteroatoms. The molecule has 2 aliphatic rings. The number of rotatable bonds is 5. The molecule has 2 aromatic rings. The molecule has 2 fully saturated rings. The van der Waals surface area contributed by atoms with Crippen LogP contribution in [0.2, 0.25) is 5.02 Å². The number of guanidine groups is 1. The van der Waals surface area contributed by atoms with Crippen molar-refractivity contribution in [3.63, 3.8) is 0 Å². The van der Waals surface area contributed by atoms with Gasteiger partial charge in [-0.3, -0.25) is 4.99 Å². The van der Waals surface area contributed by atoms with E-state index in [1.165, 1.54) is 24.0 Å². The Morgan fingerprint density at radius 1 is 1.24 bits per heavy atom. The zero-order valence-electron chi connectivity index (χ0n) is 17.3. The van der Waals surface area contributed by atoms with E-state index in [0.29, 0.717) is 6.04 Å². The molecular formula is C23H30ClN5. The van der Waals surface area contributed by atoms with Gasteiger partial charge in [0.2, 0.25) is 0 Å². The molecule has 4 rings (SSSR count). The van der Waals surface area contributed by atoms with Gasteiger partial charge in [-0.1, -0.05) is 29.8 Å². The number of hydrogen-bond donors (Lipinski definition) is 2. The fourth-order valence-corrected chi connectivity index (χ4v) is 4.27. The Morgan fingerprint density at radius 3 is 2.66 bits per heavy atom. The Morgan fingerprint density at radius 2 is 2.03 bits per heavy atom. The Balaban J connectivity index is 1.27. The quantitative estimate of drug-likeness (QED) is 0.578. The van der Waals surface area contributed by atoms with Crippen molar-refractivity contribution in [2.24, 2.45) is 4.99 Å². The maximum Gasteiger partial charge on any atom is 0.191 e. The van der Waals surface area contributed by atoms with E-state index < -0.39 is 0 Å². The molecule has 2 heterocycles. The zero-order chi connectivity index (χ0) is 20.3. The van der Waals surface area contributed by atoms with Crippen molar-refractivity contribution >= 4 is 23.4 Å². The van der Waals surface area contributed by atoms with Crippen molar-refractivity contribution in [3.8, 4) is 0 Å². The molecular weight excluding hydrogens is 382 g/mol. The van der Waals surface area contributed by atoms with E-state index in [9.17, 15) is 0 Å². The number of pyridine rings is 1. The highest BCUT2D eigenvalue weighted by atomic mass is 35.5. The second-order valence-electron chi connectivity index (χ2n) is 8.32. The van der Waals surface area contributed by atoms with Crippen molar-refractivity contribution < 1.29 is 0 Å². The minimum Gasteiger partial charge on any atom is -0.356 e. The van der Waals surface area contributed by atoms with Gasteiger partial charge in [-0.25, -0.2) is 4.98 Å². The van der Waals surface area contributed by atoms with Gasteiger partial charge in [0.25, 0.3) is 0 Å². The average molecular weight is 412 g/mol. The first-order chi connectivity index (χ1) is 14.1. The molecule has 2 N–H and O–H groups in total. The summed E-state index contributed by atoms with van der Waals surface area (Å²) >= 11 is 6.20. The SMILES string of the molecule is CN=C(NCC1(c2cccc(Cl)c2)CC1)NC1CCN(c2ccc(C)cn2)CC1. The van der Waals surface area contributed by atoms with Crippen molar-refractivity contribution in [1.82, 2.24) is 15.6 Å². The summed E-state index contributed by atoms with van der Waals surface area (Å²) in [5, 5.41) is 7.98. The van der Waals surface area contributed by atoms with Crippen molar-refractivity contribution in [1.29, 1.82) is 0 Å². The van der Waals surface area contributed by atoms with E-state index in [-0.39, 0.29) is 5.41 Å². The average Bonchev–Trinajstić information content (AvgIpc) is 3.53. The molecule has 1 aliphatic carbocycles. The van der Waals surface area contributed by atoms with E-state index in [2.05, 4.69) is 56.7 Å². The molecule has 0 bridgehead atoms. The number of piperidine rings is 1. The van der Waals surface area contributed by atoms with Gasteiger partial charge >= 0.3 is 0 Å². The lowest BCUT2D eigenvalue weighted by Gasteiger charge is -2.34. The summed E-state index contributed by atoms with van der Waals surface area (Å²) in [6.07, 6.45) is 6.49. The highest BCUT2D eigenvalue weighted by Crippen LogP contribution is 2.48. The normalized spacial score (nSPS) is 19.1. The van der Waals surface area contributed by atoms with Gasteiger partial charge in [-0.05, 0) is 61.9 Å². The minimum atomic E-state index is 0.197. The molecule has 0 spiro atoms. The van der Waals surface area contributed by atoms with Crippen LogP contribution in [0.4, 0.5) is 5.82 Å². The van der Waals surface area contributed by atoms with Crippen LogP contribution in [0.15, 0.2) is 47.6 Å². The molecule has 154 valence electrons. The minimum absolute atomic E-state index is 0.197. The van der Waals surface area contributed by atoms with E-state index >= 15 is 0 Å². The number of aromatic nitrogens is 1. The van der Waals surface area contributed by atoms with Gasteiger partial charge in [0.1, 0.15) is 5.82 Å². The first-order valence-corrected chi connectivity index (χ1v) is 10.9. The van der Waals surface area contributed by atoms with Crippen molar-refractivity contribution in [2.75, 3.05) is 31.6 Å². The summed E-state index contributed by atoms with van der Waals surface area (Å²) in [6, 6.07) is 13.0. The Kier molecular flexibility index (Phi) is 5.95. The van der Waals surface area contributed by atoms with Crippen molar-refractivity contribution in [2.45, 2.75) is 44.1 Å². The predicted molar refractivity (Wildman–Crippen MR) is 121 cm³/mol. The number of aryl methyl sites for hydroxylation is 1. The first kappa shape index (κ1) is 20.0. The fraction of sp³-hybridized carbons (Fsp3) is 0.478. The maximum absolute atomic E-state index is 6.20. The molecule has 0 atom stereocenters. The molecule has 1 aromatic heterocycles. The number of halogens is 1. The van der Waals surface area contributed by atoms with Crippen LogP contribution in [-0.4, -0.2) is 43.7 Å². The Labute approximate surface area is 178 Å². The van der Waals surface area contributed by atoms with Gasteiger partial charge in [0, 0.05) is 49.4 Å². The Hall–Kier alpha value is -2.27. The lowest BCUT2D eigenvalue weighted by Crippen LogP contribution is -2.50. The number of benzene rings is 1. The standard InChI is InChI=1S/C23H30ClN5/c1-17-6-7-21(26-15-17)29-12-8-20(9-13-29)28-22(25-2)27-16-23(10-11-23)18-4-3-5-19(24)14-18/h3-7,14-15,20H,8-13,16H2,1-2H3,(H2,25,27,28). The van der Waals surface area contributed by atoms with Crippen LogP contribution in [0.25, 0.3) is 0 Å². The molecule has 1 aromatic carbocycles. The molecule has 1 aliphatic heterocycles. The van der Waals surface area contributed by atoms with Gasteiger partial charge < -0.3 is 15.5 Å². The van der Waals surface area contributed by atoms with E-state index in [1.807, 2.05) is 25.4 Å². The van der Waals surface area contributed by atoms with E-state index in [0.717, 1.165) is 49.3 Å². The number of nitrogens with one attached hydrogen (secondary N) is 2. The molecule has 1 saturated carbocycles. The van der Waals surface area contributed by atoms with Crippen LogP contribution >= 0.6 is 11.6 Å². The lowest BCUT2D eigenvalue weighted by molar-refractivity contribution is 0.458. The smallest absolute Gasteiger partial charge is 0.191 e. The second kappa shape index (κ2) is 8.62. The largest absolute Gasteiger partial charge is 0.356 e. The Bertz CT molecular complexity index is 852. The molecule has 0 radical (unpaired) electrons. The highest BCUT2D eigenvalue weighted by Gasteiger charge is 2.44. The summed E-state index contributed by atoms with van der Waals surface area (Å²) in [5.74, 6) is 1.97. The van der Waals surface area contributed by atoms with Crippen LogP contribution in [0.3, 0.4) is 0 Å². The molecule has 0 unspecified atom stereocenters. The monoisotopic (exact) mass is 411 g/mol. The van der Waals surface area contributed by atoms with Crippen LogP contribution in [0, 0.1) is 6.92 Å². The third-order valence-corrected chi connectivity index (χ3v) is 6.40. The maximum atomic E-state index is 6.20. The van der Waals surface area contributed by atoms with Gasteiger partial charge in [-0.2, -0.15) is 0 Å². The lowest BCUT2D eigenvalue weighted by atomic mass is 9.96. The molecule has 29 heavy (non-hydrogen) atoms. The molecule has 5 nitrogen and oxygen atoms in total. The summed E-state index contributed by atoms with van der Waals surface area (Å²) in [5.41, 5.74) is 2.72. The van der Waals surface area contributed by atoms with Gasteiger partial charge in [0.15, 0.2) is 5.96 Å². The van der Waals surface area contributed by atoms with Crippen LogP contribution < -0.4 is 15.5 Å². The third-order valence-electron chi connectivity index (χ3n) is 6.16. The number of nitrogens with zero attached hydrogens (tertiary/aromatic N) is 3. The summed E-state index contributed by atoms with van der Waals surface area (Å²) in [4.78, 5) is 11.4. The summed E-state index contributed by atoms with van der Waals surface area (Å²) < 4.78 is 0. The van der Waals surface area contributed by atoms with Gasteiger partial charge in [0.05, 0.1) is 0 Å². The van der Waals surface area contributed by atoms with E-state index in [1.54, 1.807) is 0 Å². The number of anilines is 1. The van der Waals surface area contributed by atoms with Crippen molar-refractivity contribution in [3.05, 3.63) is 58.7 Å². The number of hydrogen-bond acceptors (Lipinski definition) is 3. The molecule has 1 saturated heterocycles. The number of aliphatic imine (C=N–C) groups is 1. The first-order valence-electron chi connectivity index (χ1n) is 10.5. The van der Waals surface area contributed by atoms with Gasteiger partial charge in [-0.15, -0.1) is 0 Å². The van der Waals surface area contributed by atoms with Crippen LogP contribution in [-0.2, 0) is 5.41 Å².